The molecule has 0 bridgehead atoms. The summed E-state index contributed by atoms with van der Waals surface area (Å²) in [6, 6.07) is 8.03. The molecule has 2 heteroatoms. The molecule has 0 saturated heterocycles. The van der Waals surface area contributed by atoms with Crippen molar-refractivity contribution >= 4 is 14.8 Å². The molecule has 0 nitrogen and oxygen atoms in total. The van der Waals surface area contributed by atoms with Crippen molar-refractivity contribution in [1.82, 2.24) is 0 Å². The molecule has 1 aromatic rings. The van der Waals surface area contributed by atoms with E-state index < -0.39 is 0 Å². The summed E-state index contributed by atoms with van der Waals surface area (Å²) in [6.45, 7) is 11.7. The van der Waals surface area contributed by atoms with Crippen LogP contribution in [0.3, 0.4) is 0 Å². The molecule has 0 amide bonds. The Balaban J connectivity index is 2.91. The Hall–Kier alpha value is -1.20. The van der Waals surface area contributed by atoms with Gasteiger partial charge in [0.05, 0.1) is 0 Å². The van der Waals surface area contributed by atoms with Crippen molar-refractivity contribution in [2.75, 3.05) is 0 Å². The quantitative estimate of drug-likeness (QED) is 0.515. The minimum Gasteiger partial charge on any atom is -0.206 e. The Labute approximate surface area is 105 Å². The second kappa shape index (κ2) is 5.93. The van der Waals surface area contributed by atoms with Crippen LogP contribution in [0, 0.1) is 0 Å². The summed E-state index contributed by atoms with van der Waals surface area (Å²) in [5.41, 5.74) is 2.85. The van der Waals surface area contributed by atoms with Gasteiger partial charge in [0.15, 0.2) is 0 Å². The molecule has 0 aliphatic rings. The molecule has 1 unspecified atom stereocenters. The summed E-state index contributed by atoms with van der Waals surface area (Å²) in [6.07, 6.45) is 1.40. The molecule has 1 aromatic carbocycles. The first-order valence-corrected chi connectivity index (χ1v) is 6.10. The summed E-state index contributed by atoms with van der Waals surface area (Å²) >= 11 is 0. The molecular weight excluding hydrogens is 230 g/mol. The van der Waals surface area contributed by atoms with Crippen molar-refractivity contribution in [1.29, 1.82) is 0 Å². The van der Waals surface area contributed by atoms with Gasteiger partial charge in [-0.3, -0.25) is 0 Å². The maximum Gasteiger partial charge on any atom is 0.130 e. The number of rotatable bonds is 4. The lowest BCUT2D eigenvalue weighted by Gasteiger charge is -2.07. The number of allylic oxidation sites excluding steroid dienone is 4. The highest BCUT2D eigenvalue weighted by Gasteiger charge is 2.02. The molecule has 1 rings (SSSR count). The highest BCUT2D eigenvalue weighted by Crippen LogP contribution is 2.23. The second-order valence-corrected chi connectivity index (χ2v) is 5.02. The van der Waals surface area contributed by atoms with Gasteiger partial charge >= 0.3 is 0 Å². The zero-order valence-electron chi connectivity index (χ0n) is 10.3. The van der Waals surface area contributed by atoms with Crippen LogP contribution < -0.4 is 0 Å². The Morgan fingerprint density at radius 1 is 1.24 bits per heavy atom. The van der Waals surface area contributed by atoms with E-state index in [1.807, 2.05) is 24.3 Å². The first-order chi connectivity index (χ1) is 7.91. The highest BCUT2D eigenvalue weighted by molar-refractivity contribution is 7.23. The predicted molar refractivity (Wildman–Crippen MR) is 77.6 cm³/mol. The van der Waals surface area contributed by atoms with Crippen LogP contribution >= 0.6 is 9.24 Å². The predicted octanol–water partition coefficient (Wildman–Crippen LogP) is 5.07. The molecule has 0 fully saturated rings. The number of hydrogen-bond acceptors (Lipinski definition) is 0. The molecule has 0 aliphatic heterocycles. The zero-order chi connectivity index (χ0) is 13.0. The monoisotopic (exact) mass is 248 g/mol. The lowest BCUT2D eigenvalue weighted by Crippen LogP contribution is -1.88. The minimum atomic E-state index is -0.354. The SMILES string of the molecule is C=C(P)/C(F)=C\C(=C)c1ccc(C(C)C)cc1. The minimum absolute atomic E-state index is 0.338. The van der Waals surface area contributed by atoms with E-state index in [2.05, 4.69) is 36.2 Å². The van der Waals surface area contributed by atoms with E-state index in [4.69, 9.17) is 0 Å². The lowest BCUT2D eigenvalue weighted by atomic mass is 9.99. The fourth-order valence-corrected chi connectivity index (χ4v) is 1.49. The van der Waals surface area contributed by atoms with E-state index in [0.717, 1.165) is 5.56 Å². The summed E-state index contributed by atoms with van der Waals surface area (Å²) in [4.78, 5) is 0. The van der Waals surface area contributed by atoms with Gasteiger partial charge in [0.2, 0.25) is 0 Å². The van der Waals surface area contributed by atoms with E-state index in [-0.39, 0.29) is 5.83 Å². The summed E-state index contributed by atoms with van der Waals surface area (Å²) in [7, 11) is 2.24. The van der Waals surface area contributed by atoms with Crippen LogP contribution in [0.1, 0.15) is 30.9 Å². The van der Waals surface area contributed by atoms with Crippen molar-refractivity contribution in [3.8, 4) is 0 Å². The van der Waals surface area contributed by atoms with Crippen molar-refractivity contribution < 1.29 is 4.39 Å². The molecule has 0 aromatic heterocycles. The van der Waals surface area contributed by atoms with Crippen molar-refractivity contribution in [3.05, 3.63) is 65.8 Å². The average Bonchev–Trinajstić information content (AvgIpc) is 2.28. The van der Waals surface area contributed by atoms with E-state index in [1.165, 1.54) is 11.6 Å². The standard InChI is InChI=1S/C15H18FP/c1-10(2)13-5-7-14(8-6-13)11(3)9-15(16)12(4)17/h5-10H,3-4,17H2,1-2H3/b15-9+. The molecule has 0 spiro atoms. The molecule has 1 atom stereocenters. The smallest absolute Gasteiger partial charge is 0.130 e. The molecule has 0 saturated carbocycles. The van der Waals surface area contributed by atoms with Gasteiger partial charge < -0.3 is 0 Å². The van der Waals surface area contributed by atoms with Gasteiger partial charge in [-0.2, -0.15) is 0 Å². The maximum atomic E-state index is 13.3. The average molecular weight is 248 g/mol. The Morgan fingerprint density at radius 3 is 2.18 bits per heavy atom. The Bertz CT molecular complexity index is 452. The van der Waals surface area contributed by atoms with Crippen molar-refractivity contribution in [3.63, 3.8) is 0 Å². The fraction of sp³-hybridized carbons (Fsp3) is 0.200. The normalized spacial score (nSPS) is 11.7. The van der Waals surface area contributed by atoms with E-state index in [9.17, 15) is 4.39 Å². The van der Waals surface area contributed by atoms with Crippen LogP contribution in [0.15, 0.2) is 54.6 Å². The van der Waals surface area contributed by atoms with Crippen molar-refractivity contribution in [2.24, 2.45) is 0 Å². The van der Waals surface area contributed by atoms with Gasteiger partial charge in [-0.25, -0.2) is 4.39 Å². The van der Waals surface area contributed by atoms with Crippen LogP contribution in [-0.2, 0) is 0 Å². The van der Waals surface area contributed by atoms with Crippen molar-refractivity contribution in [2.45, 2.75) is 19.8 Å². The second-order valence-electron chi connectivity index (χ2n) is 4.32. The van der Waals surface area contributed by atoms with Crippen LogP contribution in [-0.4, -0.2) is 0 Å². The largest absolute Gasteiger partial charge is 0.206 e. The molecule has 0 heterocycles. The molecule has 0 radical (unpaired) electrons. The van der Waals surface area contributed by atoms with Gasteiger partial charge in [-0.1, -0.05) is 51.3 Å². The van der Waals surface area contributed by atoms with Gasteiger partial charge in [0.1, 0.15) is 5.83 Å². The fourth-order valence-electron chi connectivity index (χ4n) is 1.41. The van der Waals surface area contributed by atoms with E-state index in [1.54, 1.807) is 0 Å². The number of halogens is 1. The van der Waals surface area contributed by atoms with Crippen LogP contribution in [0.5, 0.6) is 0 Å². The van der Waals surface area contributed by atoms with Crippen LogP contribution in [0.4, 0.5) is 4.39 Å². The lowest BCUT2D eigenvalue weighted by molar-refractivity contribution is 0.664. The third-order valence-electron chi connectivity index (χ3n) is 2.56. The van der Waals surface area contributed by atoms with Gasteiger partial charge in [-0.05, 0) is 34.0 Å². The Kier molecular flexibility index (Phi) is 4.84. The van der Waals surface area contributed by atoms with Crippen LogP contribution in [0.25, 0.3) is 5.57 Å². The third-order valence-corrected chi connectivity index (χ3v) is 2.83. The van der Waals surface area contributed by atoms with E-state index >= 15 is 0 Å². The van der Waals surface area contributed by atoms with E-state index in [0.29, 0.717) is 16.8 Å². The highest BCUT2D eigenvalue weighted by atomic mass is 31.0. The number of benzene rings is 1. The molecule has 17 heavy (non-hydrogen) atoms. The molecule has 90 valence electrons. The van der Waals surface area contributed by atoms with Gasteiger partial charge in [0.25, 0.3) is 0 Å². The van der Waals surface area contributed by atoms with Crippen LogP contribution in [0.2, 0.25) is 0 Å². The number of hydrogen-bond donors (Lipinski definition) is 0. The van der Waals surface area contributed by atoms with Gasteiger partial charge in [0, 0.05) is 0 Å². The Morgan fingerprint density at radius 2 is 1.76 bits per heavy atom. The first kappa shape index (κ1) is 13.9. The third kappa shape index (κ3) is 3.94. The molecule has 0 N–H and O–H groups in total. The topological polar surface area (TPSA) is 0 Å². The maximum absolute atomic E-state index is 13.3. The molecule has 0 aliphatic carbocycles. The summed E-state index contributed by atoms with van der Waals surface area (Å²) < 4.78 is 13.3. The summed E-state index contributed by atoms with van der Waals surface area (Å²) in [5.74, 6) is 0.143. The molecular formula is C15H18FP. The first-order valence-electron chi connectivity index (χ1n) is 5.53. The summed E-state index contributed by atoms with van der Waals surface area (Å²) in [5, 5.41) is 0.338. The zero-order valence-corrected chi connectivity index (χ0v) is 11.5. The van der Waals surface area contributed by atoms with Gasteiger partial charge in [-0.15, -0.1) is 9.24 Å².